The van der Waals surface area contributed by atoms with E-state index in [1.54, 1.807) is 31.2 Å². The van der Waals surface area contributed by atoms with E-state index in [-0.39, 0.29) is 17.9 Å². The second kappa shape index (κ2) is 9.85. The van der Waals surface area contributed by atoms with Gasteiger partial charge in [0, 0.05) is 5.02 Å². The van der Waals surface area contributed by atoms with Crippen LogP contribution in [0.2, 0.25) is 5.02 Å². The second-order valence-electron chi connectivity index (χ2n) is 6.57. The molecule has 0 atom stereocenters. The summed E-state index contributed by atoms with van der Waals surface area (Å²) in [5.41, 5.74) is 1.22. The number of amides is 4. The predicted octanol–water partition coefficient (Wildman–Crippen LogP) is 4.39. The molecule has 0 spiro atoms. The lowest BCUT2D eigenvalue weighted by atomic mass is 10.1. The number of benzene rings is 2. The number of nitrogens with one attached hydrogen (secondary N) is 1. The summed E-state index contributed by atoms with van der Waals surface area (Å²) in [6.45, 7) is 1.48. The first-order valence-corrected chi connectivity index (χ1v) is 10.9. The van der Waals surface area contributed by atoms with Gasteiger partial charge in [0.1, 0.15) is 11.3 Å². The molecule has 8 nitrogen and oxygen atoms in total. The zero-order chi connectivity index (χ0) is 23.6. The highest BCUT2D eigenvalue weighted by Gasteiger charge is 2.37. The number of methoxy groups -OCH3 is 1. The zero-order valence-corrected chi connectivity index (χ0v) is 20.6. The van der Waals surface area contributed by atoms with Gasteiger partial charge in [-0.3, -0.25) is 14.9 Å². The number of hydrogen-bond donors (Lipinski definition) is 1. The van der Waals surface area contributed by atoms with E-state index in [1.807, 2.05) is 0 Å². The summed E-state index contributed by atoms with van der Waals surface area (Å²) >= 11 is 12.8. The Labute approximate surface area is 204 Å². The van der Waals surface area contributed by atoms with Crippen LogP contribution >= 0.6 is 43.5 Å². The van der Waals surface area contributed by atoms with Crippen molar-refractivity contribution in [1.82, 2.24) is 5.32 Å². The normalized spacial score (nSPS) is 15.1. The minimum atomic E-state index is -0.869. The smallest absolute Gasteiger partial charge is 0.343 e. The number of nitrogens with zero attached hydrogens (tertiary/aromatic N) is 1. The average molecular weight is 587 g/mol. The maximum atomic E-state index is 13.0. The Hall–Kier alpha value is -2.69. The largest absolute Gasteiger partial charge is 0.480 e. The third-order valence-electron chi connectivity index (χ3n) is 4.41. The van der Waals surface area contributed by atoms with Crippen LogP contribution in [0.3, 0.4) is 0 Å². The molecule has 1 saturated heterocycles. The molecule has 0 saturated carbocycles. The van der Waals surface area contributed by atoms with Gasteiger partial charge in [0.2, 0.25) is 0 Å². The van der Waals surface area contributed by atoms with E-state index in [4.69, 9.17) is 16.3 Å². The minimum Gasteiger partial charge on any atom is -0.480 e. The van der Waals surface area contributed by atoms with Crippen molar-refractivity contribution in [2.75, 3.05) is 18.6 Å². The lowest BCUT2D eigenvalue weighted by Crippen LogP contribution is -2.54. The van der Waals surface area contributed by atoms with Crippen molar-refractivity contribution in [3.63, 3.8) is 0 Å². The Kier molecular flexibility index (Phi) is 7.37. The van der Waals surface area contributed by atoms with Gasteiger partial charge in [0.15, 0.2) is 6.61 Å². The number of carbonyl (C=O) groups is 4. The molecular weight excluding hydrogens is 572 g/mol. The lowest BCUT2D eigenvalue weighted by molar-refractivity contribution is -0.143. The van der Waals surface area contributed by atoms with Crippen molar-refractivity contribution >= 4 is 79.0 Å². The Balaban J connectivity index is 1.95. The summed E-state index contributed by atoms with van der Waals surface area (Å²) < 4.78 is 10.9. The summed E-state index contributed by atoms with van der Waals surface area (Å²) in [6, 6.07) is 7.02. The number of rotatable bonds is 5. The van der Waals surface area contributed by atoms with Gasteiger partial charge in [-0.15, -0.1) is 0 Å². The lowest BCUT2D eigenvalue weighted by Gasteiger charge is -2.26. The quantitative estimate of drug-likeness (QED) is 0.317. The van der Waals surface area contributed by atoms with Gasteiger partial charge in [-0.1, -0.05) is 17.7 Å². The van der Waals surface area contributed by atoms with E-state index in [0.717, 1.165) is 10.5 Å². The van der Waals surface area contributed by atoms with Crippen molar-refractivity contribution in [3.8, 4) is 5.75 Å². The fourth-order valence-corrected chi connectivity index (χ4v) is 4.40. The van der Waals surface area contributed by atoms with Crippen LogP contribution in [0.4, 0.5) is 10.5 Å². The molecule has 0 unspecified atom stereocenters. The molecule has 4 amide bonds. The van der Waals surface area contributed by atoms with E-state index in [9.17, 15) is 19.2 Å². The highest BCUT2D eigenvalue weighted by Crippen LogP contribution is 2.36. The highest BCUT2D eigenvalue weighted by atomic mass is 79.9. The van der Waals surface area contributed by atoms with Crippen molar-refractivity contribution in [3.05, 3.63) is 61.0 Å². The highest BCUT2D eigenvalue weighted by molar-refractivity contribution is 9.11. The molecule has 0 bridgehead atoms. The maximum Gasteiger partial charge on any atom is 0.343 e. The zero-order valence-electron chi connectivity index (χ0n) is 16.7. The summed E-state index contributed by atoms with van der Waals surface area (Å²) in [5.74, 6) is -1.84. The van der Waals surface area contributed by atoms with Crippen LogP contribution in [-0.2, 0) is 19.1 Å². The van der Waals surface area contributed by atoms with Gasteiger partial charge in [-0.05, 0) is 80.3 Å². The first kappa shape index (κ1) is 24.0. The van der Waals surface area contributed by atoms with E-state index >= 15 is 0 Å². The standard InChI is InChI=1S/C21H15Br2ClN2O6/c1-10-3-4-12(8-16(10)24)26-20(29)13(19(28)25-21(26)30)5-11-6-14(22)18(15(23)7-11)32-9-17(27)31-2/h3-8H,9H2,1-2H3,(H,25,28,30)/b13-5-. The molecular formula is C21H15Br2ClN2O6. The number of anilines is 1. The van der Waals surface area contributed by atoms with E-state index in [0.29, 0.717) is 25.3 Å². The third-order valence-corrected chi connectivity index (χ3v) is 5.99. The SMILES string of the molecule is COC(=O)COc1c(Br)cc(/C=C2/C(=O)NC(=O)N(c3ccc(C)c(Cl)c3)C2=O)cc1Br. The third kappa shape index (κ3) is 5.03. The molecule has 1 aliphatic rings. The Morgan fingerprint density at radius 1 is 1.16 bits per heavy atom. The number of carbonyl (C=O) groups excluding carboxylic acids is 4. The van der Waals surface area contributed by atoms with Crippen molar-refractivity contribution in [2.45, 2.75) is 6.92 Å². The molecule has 1 heterocycles. The van der Waals surface area contributed by atoms with Crippen LogP contribution in [0, 0.1) is 6.92 Å². The molecule has 0 aliphatic carbocycles. The van der Waals surface area contributed by atoms with Gasteiger partial charge >= 0.3 is 12.0 Å². The van der Waals surface area contributed by atoms with Gasteiger partial charge in [-0.2, -0.15) is 0 Å². The summed E-state index contributed by atoms with van der Waals surface area (Å²) in [5, 5.41) is 2.53. The van der Waals surface area contributed by atoms with E-state index < -0.39 is 23.8 Å². The number of hydrogen-bond acceptors (Lipinski definition) is 6. The Bertz CT molecular complexity index is 1160. The van der Waals surface area contributed by atoms with Crippen LogP contribution in [0.1, 0.15) is 11.1 Å². The Morgan fingerprint density at radius 2 is 1.81 bits per heavy atom. The van der Waals surface area contributed by atoms with Crippen molar-refractivity contribution in [2.24, 2.45) is 0 Å². The molecule has 1 fully saturated rings. The van der Waals surface area contributed by atoms with Crippen LogP contribution in [0.25, 0.3) is 6.08 Å². The molecule has 1 aliphatic heterocycles. The van der Waals surface area contributed by atoms with Gasteiger partial charge < -0.3 is 9.47 Å². The van der Waals surface area contributed by atoms with E-state index in [1.165, 1.54) is 19.3 Å². The Morgan fingerprint density at radius 3 is 2.41 bits per heavy atom. The first-order valence-electron chi connectivity index (χ1n) is 8.98. The van der Waals surface area contributed by atoms with Gasteiger partial charge in [0.25, 0.3) is 11.8 Å². The molecule has 3 rings (SSSR count). The van der Waals surface area contributed by atoms with Gasteiger partial charge in [0.05, 0.1) is 21.7 Å². The summed E-state index contributed by atoms with van der Waals surface area (Å²) in [7, 11) is 1.25. The average Bonchev–Trinajstić information content (AvgIpc) is 2.72. The minimum absolute atomic E-state index is 0.232. The molecule has 32 heavy (non-hydrogen) atoms. The van der Waals surface area contributed by atoms with Crippen LogP contribution in [0.5, 0.6) is 5.75 Å². The predicted molar refractivity (Wildman–Crippen MR) is 125 cm³/mol. The summed E-state index contributed by atoms with van der Waals surface area (Å²) in [4.78, 5) is 49.9. The number of imide groups is 2. The number of halogens is 3. The topological polar surface area (TPSA) is 102 Å². The number of barbiturate groups is 1. The van der Waals surface area contributed by atoms with Gasteiger partial charge in [-0.25, -0.2) is 14.5 Å². The molecule has 166 valence electrons. The number of ether oxygens (including phenoxy) is 2. The fourth-order valence-electron chi connectivity index (χ4n) is 2.77. The molecule has 0 radical (unpaired) electrons. The maximum absolute atomic E-state index is 13.0. The van der Waals surface area contributed by atoms with E-state index in [2.05, 4.69) is 41.9 Å². The number of esters is 1. The van der Waals surface area contributed by atoms with Crippen LogP contribution in [0.15, 0.2) is 44.9 Å². The monoisotopic (exact) mass is 584 g/mol. The first-order chi connectivity index (χ1) is 15.1. The van der Waals surface area contributed by atoms with Crippen LogP contribution in [-0.4, -0.2) is 37.5 Å². The van der Waals surface area contributed by atoms with Crippen LogP contribution < -0.4 is 15.0 Å². The second-order valence-corrected chi connectivity index (χ2v) is 8.69. The van der Waals surface area contributed by atoms with Crippen molar-refractivity contribution in [1.29, 1.82) is 0 Å². The summed E-state index contributed by atoms with van der Waals surface area (Å²) in [6.07, 6.45) is 1.34. The van der Waals surface area contributed by atoms with Crippen molar-refractivity contribution < 1.29 is 28.7 Å². The molecule has 1 N–H and O–H groups in total. The molecule has 2 aromatic carbocycles. The molecule has 11 heteroatoms. The molecule has 2 aromatic rings. The number of urea groups is 1. The number of aryl methyl sites for hydroxylation is 1. The molecule has 0 aromatic heterocycles. The fraction of sp³-hybridized carbons (Fsp3) is 0.143.